The lowest BCUT2D eigenvalue weighted by molar-refractivity contribution is -0.946. The van der Waals surface area contributed by atoms with Crippen LogP contribution in [0.3, 0.4) is 0 Å². The van der Waals surface area contributed by atoms with Gasteiger partial charge >= 0.3 is 0 Å². The Bertz CT molecular complexity index is 1150. The van der Waals surface area contributed by atoms with Crippen LogP contribution in [0.5, 0.6) is 0 Å². The maximum absolute atomic E-state index is 11.9. The van der Waals surface area contributed by atoms with Crippen molar-refractivity contribution < 1.29 is 19.2 Å². The third kappa shape index (κ3) is 8.17. The highest BCUT2D eigenvalue weighted by Gasteiger charge is 2.34. The fourth-order valence-corrected chi connectivity index (χ4v) is 6.06. The molecule has 0 aliphatic heterocycles. The molecule has 4 aromatic rings. The molecule has 0 aromatic heterocycles. The Balaban J connectivity index is 1.33. The molecule has 0 amide bonds. The van der Waals surface area contributed by atoms with Crippen LogP contribution in [0.25, 0.3) is 0 Å². The molecule has 0 spiro atoms. The maximum Gasteiger partial charge on any atom is 0.128 e. The molecule has 0 bridgehead atoms. The van der Waals surface area contributed by atoms with Crippen LogP contribution in [0.4, 0.5) is 0 Å². The van der Waals surface area contributed by atoms with Crippen molar-refractivity contribution in [1.29, 1.82) is 0 Å². The van der Waals surface area contributed by atoms with Gasteiger partial charge in [-0.3, -0.25) is 0 Å². The van der Waals surface area contributed by atoms with Gasteiger partial charge in [-0.2, -0.15) is 0 Å². The van der Waals surface area contributed by atoms with E-state index in [0.717, 1.165) is 70.2 Å². The van der Waals surface area contributed by atoms with Crippen molar-refractivity contribution in [3.05, 3.63) is 144 Å². The quantitative estimate of drug-likeness (QED) is 0.160. The predicted molar refractivity (Wildman–Crippen MR) is 174 cm³/mol. The van der Waals surface area contributed by atoms with E-state index in [4.69, 9.17) is 0 Å². The Morgan fingerprint density at radius 3 is 0.881 bits per heavy atom. The molecule has 0 aliphatic rings. The molecule has 4 aromatic carbocycles. The SMILES string of the molecule is C[N+](C)(CCCC(O)(c1ccccc1)c1ccccc1)CC[N+](C)(C)CCCC(O)(c1ccccc1)c1ccccc1. The highest BCUT2D eigenvalue weighted by atomic mass is 16.3. The normalized spacial score (nSPS) is 12.8. The van der Waals surface area contributed by atoms with Crippen LogP contribution in [0, 0.1) is 0 Å². The van der Waals surface area contributed by atoms with Crippen molar-refractivity contribution in [2.75, 3.05) is 54.4 Å². The molecule has 0 heterocycles. The van der Waals surface area contributed by atoms with Gasteiger partial charge in [0, 0.05) is 0 Å². The van der Waals surface area contributed by atoms with Crippen LogP contribution in [0.15, 0.2) is 121 Å². The smallest absolute Gasteiger partial charge is 0.128 e. The van der Waals surface area contributed by atoms with E-state index in [1.807, 2.05) is 121 Å². The summed E-state index contributed by atoms with van der Waals surface area (Å²) in [7, 11) is 9.20. The standard InChI is InChI=1S/C38H50N2O2/c1-39(2,29-17-27-37(41,33-19-9-5-10-20-33)34-21-11-6-12-22-34)31-32-40(3,4)30-18-28-38(42,35-23-13-7-14-24-35)36-25-15-8-16-26-36/h5-16,19-26,41-42H,17-18,27-32H2,1-4H3/q+2. The van der Waals surface area contributed by atoms with Gasteiger partial charge in [0.05, 0.1) is 41.3 Å². The third-order valence-electron chi connectivity index (χ3n) is 8.92. The molecule has 0 radical (unpaired) electrons. The second kappa shape index (κ2) is 13.8. The summed E-state index contributed by atoms with van der Waals surface area (Å²) in [5.41, 5.74) is 1.81. The van der Waals surface area contributed by atoms with Crippen LogP contribution in [0.1, 0.15) is 47.9 Å². The molecular weight excluding hydrogens is 516 g/mol. The van der Waals surface area contributed by atoms with Crippen molar-refractivity contribution >= 4 is 0 Å². The molecule has 0 saturated carbocycles. The number of benzene rings is 4. The number of rotatable bonds is 15. The predicted octanol–water partition coefficient (Wildman–Crippen LogP) is 6.57. The van der Waals surface area contributed by atoms with Crippen molar-refractivity contribution in [3.8, 4) is 0 Å². The summed E-state index contributed by atoms with van der Waals surface area (Å²) < 4.78 is 1.80. The van der Waals surface area contributed by atoms with E-state index in [0.29, 0.717) is 12.8 Å². The summed E-state index contributed by atoms with van der Waals surface area (Å²) >= 11 is 0. The van der Waals surface area contributed by atoms with Gasteiger partial charge in [0.15, 0.2) is 0 Å². The lowest BCUT2D eigenvalue weighted by atomic mass is 9.82. The minimum atomic E-state index is -0.994. The van der Waals surface area contributed by atoms with Crippen LogP contribution >= 0.6 is 0 Å². The fraction of sp³-hybridized carbons (Fsp3) is 0.368. The molecule has 0 saturated heterocycles. The topological polar surface area (TPSA) is 40.5 Å². The fourth-order valence-electron chi connectivity index (χ4n) is 6.06. The largest absolute Gasteiger partial charge is 0.380 e. The molecule has 42 heavy (non-hydrogen) atoms. The lowest BCUT2D eigenvalue weighted by Gasteiger charge is -2.37. The summed E-state index contributed by atoms with van der Waals surface area (Å²) in [4.78, 5) is 0. The van der Waals surface area contributed by atoms with E-state index in [1.54, 1.807) is 0 Å². The molecule has 0 unspecified atom stereocenters. The van der Waals surface area contributed by atoms with E-state index in [1.165, 1.54) is 0 Å². The van der Waals surface area contributed by atoms with Crippen molar-refractivity contribution in [2.45, 2.75) is 36.9 Å². The summed E-state index contributed by atoms with van der Waals surface area (Å²) in [6.07, 6.45) is 3.20. The summed E-state index contributed by atoms with van der Waals surface area (Å²) in [6, 6.07) is 40.3. The van der Waals surface area contributed by atoms with E-state index in [2.05, 4.69) is 28.2 Å². The Morgan fingerprint density at radius 1 is 0.405 bits per heavy atom. The first kappa shape index (κ1) is 31.7. The van der Waals surface area contributed by atoms with Crippen molar-refractivity contribution in [3.63, 3.8) is 0 Å². The zero-order chi connectivity index (χ0) is 30.1. The molecule has 2 N–H and O–H groups in total. The summed E-state index contributed by atoms with van der Waals surface area (Å²) in [5.74, 6) is 0. The van der Waals surface area contributed by atoms with Crippen LogP contribution in [0.2, 0.25) is 0 Å². The summed E-state index contributed by atoms with van der Waals surface area (Å²) in [6.45, 7) is 4.07. The second-order valence-electron chi connectivity index (χ2n) is 13.2. The Hall–Kier alpha value is -3.28. The monoisotopic (exact) mass is 566 g/mol. The van der Waals surface area contributed by atoms with E-state index in [9.17, 15) is 10.2 Å². The molecule has 4 nitrogen and oxygen atoms in total. The summed E-state index contributed by atoms with van der Waals surface area (Å²) in [5, 5.41) is 23.8. The molecule has 222 valence electrons. The zero-order valence-corrected chi connectivity index (χ0v) is 26.0. The average Bonchev–Trinajstić information content (AvgIpc) is 3.01. The molecular formula is C38H50N2O2+2. The minimum Gasteiger partial charge on any atom is -0.380 e. The van der Waals surface area contributed by atoms with E-state index < -0.39 is 11.2 Å². The highest BCUT2D eigenvalue weighted by Crippen LogP contribution is 2.35. The van der Waals surface area contributed by atoms with E-state index >= 15 is 0 Å². The number of likely N-dealkylation sites (N-methyl/N-ethyl adjacent to an activating group) is 2. The van der Waals surface area contributed by atoms with Gasteiger partial charge in [-0.15, -0.1) is 0 Å². The van der Waals surface area contributed by atoms with E-state index in [-0.39, 0.29) is 0 Å². The lowest BCUT2D eigenvalue weighted by Crippen LogP contribution is -2.51. The van der Waals surface area contributed by atoms with Crippen LogP contribution < -0.4 is 0 Å². The van der Waals surface area contributed by atoms with Gasteiger partial charge < -0.3 is 19.2 Å². The number of hydrogen-bond donors (Lipinski definition) is 2. The average molecular weight is 567 g/mol. The molecule has 0 fully saturated rings. The van der Waals surface area contributed by atoms with Gasteiger partial charge in [0.2, 0.25) is 0 Å². The van der Waals surface area contributed by atoms with Gasteiger partial charge in [0.25, 0.3) is 0 Å². The second-order valence-corrected chi connectivity index (χ2v) is 13.2. The molecule has 0 atom stereocenters. The zero-order valence-electron chi connectivity index (χ0n) is 26.0. The number of hydrogen-bond acceptors (Lipinski definition) is 2. The van der Waals surface area contributed by atoms with Gasteiger partial charge in [-0.1, -0.05) is 121 Å². The van der Waals surface area contributed by atoms with Crippen LogP contribution in [-0.4, -0.2) is 73.5 Å². The van der Waals surface area contributed by atoms with Gasteiger partial charge in [-0.05, 0) is 47.9 Å². The number of quaternary nitrogens is 2. The highest BCUT2D eigenvalue weighted by molar-refractivity contribution is 5.36. The molecule has 4 heteroatoms. The number of aliphatic hydroxyl groups is 2. The Kier molecular flexibility index (Phi) is 10.4. The minimum absolute atomic E-state index is 0.679. The Labute approximate surface area is 253 Å². The van der Waals surface area contributed by atoms with Crippen molar-refractivity contribution in [1.82, 2.24) is 0 Å². The molecule has 4 rings (SSSR count). The first-order valence-corrected chi connectivity index (χ1v) is 15.4. The third-order valence-corrected chi connectivity index (χ3v) is 8.92. The maximum atomic E-state index is 11.9. The Morgan fingerprint density at radius 2 is 0.643 bits per heavy atom. The first-order chi connectivity index (χ1) is 20.0. The van der Waals surface area contributed by atoms with Crippen LogP contribution in [-0.2, 0) is 11.2 Å². The first-order valence-electron chi connectivity index (χ1n) is 15.4. The molecule has 0 aliphatic carbocycles. The van der Waals surface area contributed by atoms with Gasteiger partial charge in [-0.25, -0.2) is 0 Å². The van der Waals surface area contributed by atoms with Gasteiger partial charge in [0.1, 0.15) is 24.3 Å². The number of nitrogens with zero attached hydrogens (tertiary/aromatic N) is 2. The van der Waals surface area contributed by atoms with Crippen molar-refractivity contribution in [2.24, 2.45) is 0 Å².